The maximum absolute atomic E-state index is 10.1. The van der Waals surface area contributed by atoms with E-state index in [4.69, 9.17) is 16.7 Å². The second kappa shape index (κ2) is 3.58. The van der Waals surface area contributed by atoms with Crippen LogP contribution in [0.5, 0.6) is 0 Å². The quantitative estimate of drug-likeness (QED) is 0.649. The minimum Gasteiger partial charge on any atom is -0.478 e. The monoisotopic (exact) mass is 172 g/mol. The second-order valence-corrected chi connectivity index (χ2v) is 2.91. The molecule has 0 aliphatic heterocycles. The summed E-state index contributed by atoms with van der Waals surface area (Å²) < 4.78 is 0. The van der Waals surface area contributed by atoms with Gasteiger partial charge in [-0.05, 0) is 24.8 Å². The van der Waals surface area contributed by atoms with Crippen molar-refractivity contribution >= 4 is 17.6 Å². The van der Waals surface area contributed by atoms with Crippen LogP contribution >= 0.6 is 11.6 Å². The number of halogens is 1. The Kier molecular flexibility index (Phi) is 2.71. The molecule has 1 rings (SSSR count). The molecule has 2 nitrogen and oxygen atoms in total. The molecule has 3 heteroatoms. The first-order valence-electron chi connectivity index (χ1n) is 3.48. The molecular formula is C8H9ClO2. The van der Waals surface area contributed by atoms with Gasteiger partial charge >= 0.3 is 5.97 Å². The van der Waals surface area contributed by atoms with E-state index in [1.165, 1.54) is 0 Å². The highest BCUT2D eigenvalue weighted by Crippen LogP contribution is 2.29. The topological polar surface area (TPSA) is 37.3 Å². The van der Waals surface area contributed by atoms with Crippen LogP contribution in [-0.2, 0) is 4.79 Å². The molecule has 1 aliphatic rings. The van der Waals surface area contributed by atoms with Gasteiger partial charge in [0, 0.05) is 11.1 Å². The van der Waals surface area contributed by atoms with E-state index in [-0.39, 0.29) is 0 Å². The van der Waals surface area contributed by atoms with Gasteiger partial charge in [-0.2, -0.15) is 0 Å². The zero-order valence-corrected chi connectivity index (χ0v) is 6.77. The number of hydrogen-bond acceptors (Lipinski definition) is 1. The van der Waals surface area contributed by atoms with Crippen molar-refractivity contribution in [2.75, 3.05) is 0 Å². The molecular weight excluding hydrogens is 164 g/mol. The molecule has 0 spiro atoms. The van der Waals surface area contributed by atoms with Crippen LogP contribution < -0.4 is 0 Å². The van der Waals surface area contributed by atoms with Gasteiger partial charge in [0.25, 0.3) is 0 Å². The van der Waals surface area contributed by atoms with Gasteiger partial charge in [-0.25, -0.2) is 4.79 Å². The third-order valence-corrected chi connectivity index (χ3v) is 2.05. The smallest absolute Gasteiger partial charge is 0.328 e. The minimum absolute atomic E-state index is 0.808. The first kappa shape index (κ1) is 8.34. The molecule has 0 aromatic heterocycles. The van der Waals surface area contributed by atoms with E-state index in [0.29, 0.717) is 0 Å². The summed E-state index contributed by atoms with van der Waals surface area (Å²) in [5.74, 6) is -0.922. The summed E-state index contributed by atoms with van der Waals surface area (Å²) in [6.45, 7) is 0. The SMILES string of the molecule is O=C(O)C=CC1=C(Cl)CCC1. The molecule has 0 saturated carbocycles. The maximum Gasteiger partial charge on any atom is 0.328 e. The fourth-order valence-electron chi connectivity index (χ4n) is 1.08. The first-order chi connectivity index (χ1) is 5.20. The van der Waals surface area contributed by atoms with Gasteiger partial charge in [0.05, 0.1) is 0 Å². The molecule has 0 fully saturated rings. The Balaban J connectivity index is 2.61. The zero-order chi connectivity index (χ0) is 8.27. The van der Waals surface area contributed by atoms with E-state index in [0.717, 1.165) is 35.9 Å². The Hall–Kier alpha value is -0.760. The highest BCUT2D eigenvalue weighted by atomic mass is 35.5. The summed E-state index contributed by atoms with van der Waals surface area (Å²) in [6, 6.07) is 0. The summed E-state index contributed by atoms with van der Waals surface area (Å²) >= 11 is 5.80. The molecule has 1 N–H and O–H groups in total. The van der Waals surface area contributed by atoms with Gasteiger partial charge in [0.2, 0.25) is 0 Å². The molecule has 0 aromatic carbocycles. The van der Waals surface area contributed by atoms with E-state index in [2.05, 4.69) is 0 Å². The number of allylic oxidation sites excluding steroid dienone is 3. The van der Waals surface area contributed by atoms with E-state index >= 15 is 0 Å². The molecule has 0 amide bonds. The Bertz CT molecular complexity index is 228. The zero-order valence-electron chi connectivity index (χ0n) is 6.01. The number of rotatable bonds is 2. The summed E-state index contributed by atoms with van der Waals surface area (Å²) in [7, 11) is 0. The Morgan fingerprint density at radius 1 is 1.55 bits per heavy atom. The van der Waals surface area contributed by atoms with Crippen LogP contribution in [0, 0.1) is 0 Å². The van der Waals surface area contributed by atoms with Crippen molar-refractivity contribution in [2.24, 2.45) is 0 Å². The van der Waals surface area contributed by atoms with Crippen LogP contribution in [0.2, 0.25) is 0 Å². The number of carboxylic acids is 1. The van der Waals surface area contributed by atoms with E-state index in [1.807, 2.05) is 0 Å². The molecule has 0 atom stereocenters. The summed E-state index contributed by atoms with van der Waals surface area (Å²) in [5, 5.41) is 9.12. The Morgan fingerprint density at radius 2 is 2.27 bits per heavy atom. The van der Waals surface area contributed by atoms with Crippen LogP contribution in [0.25, 0.3) is 0 Å². The summed E-state index contributed by atoms with van der Waals surface area (Å²) in [4.78, 5) is 10.1. The summed E-state index contributed by atoms with van der Waals surface area (Å²) in [6.07, 6.45) is 5.54. The van der Waals surface area contributed by atoms with Gasteiger partial charge in [0.15, 0.2) is 0 Å². The molecule has 1 aliphatic carbocycles. The molecule has 0 bridgehead atoms. The van der Waals surface area contributed by atoms with Gasteiger partial charge in [-0.15, -0.1) is 0 Å². The standard InChI is InChI=1S/C8H9ClO2/c9-7-3-1-2-6(7)4-5-8(10)11/h4-5H,1-3H2,(H,10,11). The maximum atomic E-state index is 10.1. The summed E-state index contributed by atoms with van der Waals surface area (Å²) in [5.41, 5.74) is 0.967. The molecule has 0 aromatic rings. The van der Waals surface area contributed by atoms with Gasteiger partial charge in [0.1, 0.15) is 0 Å². The fourth-order valence-corrected chi connectivity index (χ4v) is 1.37. The predicted octanol–water partition coefficient (Wildman–Crippen LogP) is 2.30. The third-order valence-electron chi connectivity index (χ3n) is 1.62. The second-order valence-electron chi connectivity index (χ2n) is 2.46. The molecule has 0 radical (unpaired) electrons. The van der Waals surface area contributed by atoms with Gasteiger partial charge in [-0.3, -0.25) is 0 Å². The highest BCUT2D eigenvalue weighted by molar-refractivity contribution is 6.30. The van der Waals surface area contributed by atoms with Gasteiger partial charge < -0.3 is 5.11 Å². The number of carboxylic acid groups (broad SMARTS) is 1. The van der Waals surface area contributed by atoms with Crippen molar-refractivity contribution in [1.82, 2.24) is 0 Å². The van der Waals surface area contributed by atoms with E-state index < -0.39 is 5.97 Å². The lowest BCUT2D eigenvalue weighted by atomic mass is 10.2. The van der Waals surface area contributed by atoms with Crippen LogP contribution in [0.4, 0.5) is 0 Å². The number of aliphatic carboxylic acids is 1. The van der Waals surface area contributed by atoms with Crippen molar-refractivity contribution in [3.8, 4) is 0 Å². The normalized spacial score (nSPS) is 18.3. The van der Waals surface area contributed by atoms with Crippen LogP contribution in [-0.4, -0.2) is 11.1 Å². The fraction of sp³-hybridized carbons (Fsp3) is 0.375. The van der Waals surface area contributed by atoms with Crippen LogP contribution in [0.15, 0.2) is 22.8 Å². The van der Waals surface area contributed by atoms with Crippen LogP contribution in [0.3, 0.4) is 0 Å². The molecule has 0 heterocycles. The molecule has 11 heavy (non-hydrogen) atoms. The van der Waals surface area contributed by atoms with Gasteiger partial charge in [-0.1, -0.05) is 17.7 Å². The van der Waals surface area contributed by atoms with E-state index in [1.54, 1.807) is 6.08 Å². The first-order valence-corrected chi connectivity index (χ1v) is 3.86. The van der Waals surface area contributed by atoms with Crippen LogP contribution in [0.1, 0.15) is 19.3 Å². The number of hydrogen-bond donors (Lipinski definition) is 1. The van der Waals surface area contributed by atoms with Crippen molar-refractivity contribution in [1.29, 1.82) is 0 Å². The number of carbonyl (C=O) groups is 1. The minimum atomic E-state index is -0.922. The lowest BCUT2D eigenvalue weighted by molar-refractivity contribution is -0.131. The average molecular weight is 173 g/mol. The highest BCUT2D eigenvalue weighted by Gasteiger charge is 2.09. The third kappa shape index (κ3) is 2.39. The van der Waals surface area contributed by atoms with Crippen molar-refractivity contribution in [2.45, 2.75) is 19.3 Å². The molecule has 0 unspecified atom stereocenters. The lowest BCUT2D eigenvalue weighted by Gasteiger charge is -1.90. The van der Waals surface area contributed by atoms with Crippen molar-refractivity contribution < 1.29 is 9.90 Å². The lowest BCUT2D eigenvalue weighted by Crippen LogP contribution is -1.86. The predicted molar refractivity (Wildman–Crippen MR) is 43.5 cm³/mol. The van der Waals surface area contributed by atoms with Crippen molar-refractivity contribution in [3.63, 3.8) is 0 Å². The van der Waals surface area contributed by atoms with E-state index in [9.17, 15) is 4.79 Å². The van der Waals surface area contributed by atoms with Crippen molar-refractivity contribution in [3.05, 3.63) is 22.8 Å². The Labute approximate surface area is 70.2 Å². The Morgan fingerprint density at radius 3 is 2.73 bits per heavy atom. The largest absolute Gasteiger partial charge is 0.478 e. The molecule has 60 valence electrons. The molecule has 0 saturated heterocycles. The average Bonchev–Trinajstić information content (AvgIpc) is 2.31.